The summed E-state index contributed by atoms with van der Waals surface area (Å²) < 4.78 is 14.4. The first-order valence-corrected chi connectivity index (χ1v) is 6.44. The molecule has 0 radical (unpaired) electrons. The summed E-state index contributed by atoms with van der Waals surface area (Å²) in [5.41, 5.74) is 0.131. The Balaban J connectivity index is 4.15. The van der Waals surface area contributed by atoms with Crippen LogP contribution in [0.5, 0.6) is 0 Å². The topological polar surface area (TPSA) is 66.8 Å². The van der Waals surface area contributed by atoms with Gasteiger partial charge < -0.3 is 4.52 Å². The van der Waals surface area contributed by atoms with Crippen LogP contribution in [0.25, 0.3) is 0 Å². The van der Waals surface area contributed by atoms with E-state index >= 15 is 0 Å². The van der Waals surface area contributed by atoms with Gasteiger partial charge in [-0.2, -0.15) is 0 Å². The maximum absolute atomic E-state index is 10.3. The Bertz CT molecular complexity index is 273. The zero-order chi connectivity index (χ0) is 11.9. The smallest absolute Gasteiger partial charge is 0.412 e. The van der Waals surface area contributed by atoms with E-state index in [1.807, 2.05) is 6.08 Å². The zero-order valence-corrected chi connectivity index (χ0v) is 10.3. The van der Waals surface area contributed by atoms with Crippen molar-refractivity contribution in [1.82, 2.24) is 0 Å². The first-order chi connectivity index (χ1) is 6.83. The molecular weight excluding hydrogens is 215 g/mol. The molecule has 0 atom stereocenters. The fourth-order valence-electron chi connectivity index (χ4n) is 0.933. The average molecular weight is 234 g/mol. The van der Waals surface area contributed by atoms with Crippen molar-refractivity contribution in [3.05, 3.63) is 24.5 Å². The maximum atomic E-state index is 10.3. The zero-order valence-electron chi connectivity index (χ0n) is 9.38. The third kappa shape index (κ3) is 7.37. The third-order valence-electron chi connectivity index (χ3n) is 2.50. The van der Waals surface area contributed by atoms with E-state index in [4.69, 9.17) is 9.79 Å². The number of hydrogen-bond donors (Lipinski definition) is 2. The molecule has 0 spiro atoms. The van der Waals surface area contributed by atoms with Crippen molar-refractivity contribution < 1.29 is 18.9 Å². The standard InChI is InChI=1S/C10H19O4P/c1-4-10(3,5-2)8-6-7-9-14-15(11,12)13/h6-9H,4-5H2,1-3H3,(H2,11,12,13)/b8-6?,9-7-. The summed E-state index contributed by atoms with van der Waals surface area (Å²) in [6, 6.07) is 0. The van der Waals surface area contributed by atoms with Crippen molar-refractivity contribution in [2.45, 2.75) is 33.6 Å². The molecule has 0 aliphatic heterocycles. The highest BCUT2D eigenvalue weighted by Gasteiger charge is 2.14. The van der Waals surface area contributed by atoms with Crippen molar-refractivity contribution in [2.75, 3.05) is 0 Å². The Morgan fingerprint density at radius 3 is 2.20 bits per heavy atom. The van der Waals surface area contributed by atoms with E-state index in [0.29, 0.717) is 0 Å². The van der Waals surface area contributed by atoms with Gasteiger partial charge in [-0.25, -0.2) is 4.57 Å². The molecule has 0 aromatic rings. The highest BCUT2D eigenvalue weighted by Crippen LogP contribution is 2.35. The van der Waals surface area contributed by atoms with Gasteiger partial charge in [-0.05, 0) is 24.3 Å². The lowest BCUT2D eigenvalue weighted by molar-refractivity contribution is 0.258. The second-order valence-corrected chi connectivity index (χ2v) is 4.84. The highest BCUT2D eigenvalue weighted by atomic mass is 31.2. The van der Waals surface area contributed by atoms with Gasteiger partial charge in [-0.1, -0.05) is 32.9 Å². The minimum atomic E-state index is -4.38. The van der Waals surface area contributed by atoms with Crippen molar-refractivity contribution >= 4 is 7.82 Å². The Hall–Kier alpha value is -0.570. The largest absolute Gasteiger partial charge is 0.524 e. The van der Waals surface area contributed by atoms with Gasteiger partial charge in [0.05, 0.1) is 6.26 Å². The first-order valence-electron chi connectivity index (χ1n) is 4.91. The van der Waals surface area contributed by atoms with Gasteiger partial charge in [-0.15, -0.1) is 0 Å². The fourth-order valence-corrected chi connectivity index (χ4v) is 1.16. The highest BCUT2D eigenvalue weighted by molar-refractivity contribution is 7.46. The Morgan fingerprint density at radius 2 is 1.80 bits per heavy atom. The molecule has 0 aromatic heterocycles. The van der Waals surface area contributed by atoms with Crippen molar-refractivity contribution in [3.8, 4) is 0 Å². The van der Waals surface area contributed by atoms with Crippen LogP contribution in [0, 0.1) is 5.41 Å². The molecule has 2 N–H and O–H groups in total. The molecule has 0 aromatic carbocycles. The number of rotatable bonds is 6. The summed E-state index contributed by atoms with van der Waals surface area (Å²) in [5, 5.41) is 0. The fraction of sp³-hybridized carbons (Fsp3) is 0.600. The second kappa shape index (κ2) is 6.11. The van der Waals surface area contributed by atoms with E-state index in [1.165, 1.54) is 6.08 Å². The van der Waals surface area contributed by atoms with E-state index in [1.54, 1.807) is 6.08 Å². The number of allylic oxidation sites excluding steroid dienone is 3. The van der Waals surface area contributed by atoms with Gasteiger partial charge in [-0.3, -0.25) is 9.79 Å². The van der Waals surface area contributed by atoms with Crippen molar-refractivity contribution in [1.29, 1.82) is 0 Å². The van der Waals surface area contributed by atoms with E-state index in [9.17, 15) is 4.57 Å². The van der Waals surface area contributed by atoms with Gasteiger partial charge in [0.2, 0.25) is 0 Å². The number of phosphoric ester groups is 1. The third-order valence-corrected chi connectivity index (χ3v) is 2.90. The molecule has 0 saturated heterocycles. The molecule has 0 heterocycles. The molecule has 0 unspecified atom stereocenters. The molecular formula is C10H19O4P. The van der Waals surface area contributed by atoms with Gasteiger partial charge in [0.15, 0.2) is 0 Å². The van der Waals surface area contributed by atoms with Crippen LogP contribution in [0.1, 0.15) is 33.6 Å². The van der Waals surface area contributed by atoms with Gasteiger partial charge in [0, 0.05) is 0 Å². The van der Waals surface area contributed by atoms with Crippen LogP contribution in [-0.4, -0.2) is 9.79 Å². The number of hydrogen-bond acceptors (Lipinski definition) is 2. The summed E-state index contributed by atoms with van der Waals surface area (Å²) in [4.78, 5) is 16.8. The average Bonchev–Trinajstić information content (AvgIpc) is 2.15. The van der Waals surface area contributed by atoms with Crippen molar-refractivity contribution in [3.63, 3.8) is 0 Å². The summed E-state index contributed by atoms with van der Waals surface area (Å²) >= 11 is 0. The SMILES string of the molecule is CCC(C)(C=C/C=C\OP(=O)(O)O)CC. The molecule has 4 nitrogen and oxygen atoms in total. The van der Waals surface area contributed by atoms with Gasteiger partial charge in [0.1, 0.15) is 0 Å². The Morgan fingerprint density at radius 1 is 1.27 bits per heavy atom. The molecule has 88 valence electrons. The molecule has 0 bridgehead atoms. The lowest BCUT2D eigenvalue weighted by Gasteiger charge is -2.21. The van der Waals surface area contributed by atoms with E-state index in [2.05, 4.69) is 25.3 Å². The van der Waals surface area contributed by atoms with Gasteiger partial charge >= 0.3 is 7.82 Å². The van der Waals surface area contributed by atoms with Crippen LogP contribution < -0.4 is 0 Å². The van der Waals surface area contributed by atoms with Crippen LogP contribution in [0.3, 0.4) is 0 Å². The first kappa shape index (κ1) is 14.4. The molecule has 0 fully saturated rings. The van der Waals surface area contributed by atoms with Crippen molar-refractivity contribution in [2.24, 2.45) is 5.41 Å². The predicted molar refractivity (Wildman–Crippen MR) is 60.1 cm³/mol. The Labute approximate surface area is 90.9 Å². The van der Waals surface area contributed by atoms with E-state index in [-0.39, 0.29) is 5.41 Å². The van der Waals surface area contributed by atoms with E-state index in [0.717, 1.165) is 19.1 Å². The van der Waals surface area contributed by atoms with Crippen LogP contribution in [0.4, 0.5) is 0 Å². The summed E-state index contributed by atoms with van der Waals surface area (Å²) in [7, 11) is -4.38. The lowest BCUT2D eigenvalue weighted by atomic mass is 9.84. The van der Waals surface area contributed by atoms with E-state index < -0.39 is 7.82 Å². The molecule has 0 aliphatic rings. The Kier molecular flexibility index (Phi) is 5.88. The molecule has 15 heavy (non-hydrogen) atoms. The summed E-state index contributed by atoms with van der Waals surface area (Å²) in [6.07, 6.45) is 8.27. The molecule has 0 aliphatic carbocycles. The monoisotopic (exact) mass is 234 g/mol. The second-order valence-electron chi connectivity index (χ2n) is 3.64. The van der Waals surface area contributed by atoms with Crippen LogP contribution in [0.15, 0.2) is 24.5 Å². The minimum Gasteiger partial charge on any atom is -0.412 e. The van der Waals surface area contributed by atoms with Crippen LogP contribution in [-0.2, 0) is 9.09 Å². The summed E-state index contributed by atoms with van der Waals surface area (Å²) in [6.45, 7) is 6.33. The quantitative estimate of drug-likeness (QED) is 0.421. The van der Waals surface area contributed by atoms with Gasteiger partial charge in [0.25, 0.3) is 0 Å². The number of phosphoric acid groups is 1. The van der Waals surface area contributed by atoms with Crippen LogP contribution in [0.2, 0.25) is 0 Å². The minimum absolute atomic E-state index is 0.131. The lowest BCUT2D eigenvalue weighted by Crippen LogP contribution is -2.08. The molecule has 5 heteroatoms. The molecule has 0 amide bonds. The molecule has 0 saturated carbocycles. The summed E-state index contributed by atoms with van der Waals surface area (Å²) in [5.74, 6) is 0. The predicted octanol–water partition coefficient (Wildman–Crippen LogP) is 2.99. The van der Waals surface area contributed by atoms with Crippen LogP contribution >= 0.6 is 7.82 Å². The maximum Gasteiger partial charge on any atom is 0.524 e. The normalized spacial score (nSPS) is 13.9. The molecule has 0 rings (SSSR count).